The number of hydrogen-bond donors (Lipinski definition) is 2. The minimum absolute atomic E-state index is 0.00984. The lowest BCUT2D eigenvalue weighted by atomic mass is 10.0. The molecule has 0 saturated carbocycles. The van der Waals surface area contributed by atoms with E-state index >= 15 is 0 Å². The number of nitrogens with one attached hydrogen (secondary N) is 1. The van der Waals surface area contributed by atoms with E-state index in [1.807, 2.05) is 79.4 Å². The van der Waals surface area contributed by atoms with Crippen LogP contribution >= 0.6 is 11.3 Å². The first-order chi connectivity index (χ1) is 24.4. The van der Waals surface area contributed by atoms with Crippen LogP contribution in [-0.2, 0) is 36.6 Å². The summed E-state index contributed by atoms with van der Waals surface area (Å²) in [6.07, 6.45) is 0.960. The van der Waals surface area contributed by atoms with Crippen LogP contribution in [0.3, 0.4) is 0 Å². The summed E-state index contributed by atoms with van der Waals surface area (Å²) >= 11 is 1.44. The van der Waals surface area contributed by atoms with Gasteiger partial charge in [0.15, 0.2) is 5.13 Å². The highest BCUT2D eigenvalue weighted by molar-refractivity contribution is 7.16. The number of fused-ring (bicyclic) bond motifs is 1. The van der Waals surface area contributed by atoms with Gasteiger partial charge < -0.3 is 39.0 Å². The summed E-state index contributed by atoms with van der Waals surface area (Å²) in [7, 11) is 0. The number of amides is 2. The molecule has 1 aliphatic rings. The van der Waals surface area contributed by atoms with Gasteiger partial charge in [0.05, 0.1) is 71.6 Å². The van der Waals surface area contributed by atoms with E-state index in [1.54, 1.807) is 0 Å². The third-order valence-electron chi connectivity index (χ3n) is 8.02. The molecule has 0 unspecified atom stereocenters. The summed E-state index contributed by atoms with van der Waals surface area (Å²) in [5, 5.41) is 12.1. The van der Waals surface area contributed by atoms with Crippen LogP contribution in [0.15, 0.2) is 66.7 Å². The van der Waals surface area contributed by atoms with E-state index in [1.165, 1.54) is 11.3 Å². The van der Waals surface area contributed by atoms with E-state index in [9.17, 15) is 9.59 Å². The predicted octanol–water partition coefficient (Wildman–Crippen LogP) is 5.25. The summed E-state index contributed by atoms with van der Waals surface area (Å²) < 4.78 is 27.3. The van der Waals surface area contributed by atoms with Crippen molar-refractivity contribution in [3.05, 3.63) is 93.9 Å². The summed E-state index contributed by atoms with van der Waals surface area (Å²) in [6.45, 7) is 8.47. The van der Waals surface area contributed by atoms with Crippen LogP contribution in [0.2, 0.25) is 0 Å². The minimum atomic E-state index is -0.162. The van der Waals surface area contributed by atoms with Gasteiger partial charge in [-0.1, -0.05) is 36.4 Å². The number of ether oxygens (including phenoxy) is 5. The van der Waals surface area contributed by atoms with Crippen LogP contribution < -0.4 is 15.0 Å². The van der Waals surface area contributed by atoms with Crippen molar-refractivity contribution < 1.29 is 38.4 Å². The number of anilines is 2. The quantitative estimate of drug-likeness (QED) is 0.119. The topological polar surface area (TPSA) is 129 Å². The Bertz CT molecular complexity index is 1710. The van der Waals surface area contributed by atoms with Gasteiger partial charge in [-0.2, -0.15) is 0 Å². The Kier molecular flexibility index (Phi) is 14.3. The van der Waals surface area contributed by atoms with E-state index in [4.69, 9.17) is 33.8 Å². The van der Waals surface area contributed by atoms with Crippen molar-refractivity contribution >= 4 is 34.0 Å². The highest BCUT2D eigenvalue weighted by Crippen LogP contribution is 2.36. The van der Waals surface area contributed by atoms with Crippen LogP contribution in [0.1, 0.15) is 31.9 Å². The zero-order valence-corrected chi connectivity index (χ0v) is 29.5. The van der Waals surface area contributed by atoms with E-state index in [-0.39, 0.29) is 24.8 Å². The molecule has 0 fully saturated rings. The number of aromatic nitrogens is 1. The first kappa shape index (κ1) is 37.1. The number of aliphatic hydroxyl groups is 1. The number of aryl methyl sites for hydroxylation is 2. The second kappa shape index (κ2) is 19.3. The fourth-order valence-electron chi connectivity index (χ4n) is 5.57. The summed E-state index contributed by atoms with van der Waals surface area (Å²) in [4.78, 5) is 33.9. The molecule has 3 aromatic carbocycles. The third-order valence-corrected chi connectivity index (χ3v) is 8.91. The predicted molar refractivity (Wildman–Crippen MR) is 193 cm³/mol. The molecule has 2 heterocycles. The number of carbonyl (C=O) groups excluding carboxylic acids is 2. The molecule has 266 valence electrons. The molecule has 0 bridgehead atoms. The van der Waals surface area contributed by atoms with Gasteiger partial charge in [-0.15, -0.1) is 11.3 Å². The smallest absolute Gasteiger partial charge is 0.258 e. The monoisotopic (exact) mass is 703 g/mol. The van der Waals surface area contributed by atoms with Crippen molar-refractivity contribution in [1.29, 1.82) is 0 Å². The molecule has 5 rings (SSSR count). The van der Waals surface area contributed by atoms with E-state index < -0.39 is 0 Å². The molecular formula is C38H45N3O8S. The molecule has 11 nitrogen and oxygen atoms in total. The Morgan fingerprint density at radius 2 is 1.54 bits per heavy atom. The van der Waals surface area contributed by atoms with Gasteiger partial charge in [0.25, 0.3) is 5.91 Å². The van der Waals surface area contributed by atoms with Crippen molar-refractivity contribution in [3.8, 4) is 17.0 Å². The van der Waals surface area contributed by atoms with Crippen LogP contribution in [-0.4, -0.2) is 94.5 Å². The molecule has 1 aromatic heterocycles. The van der Waals surface area contributed by atoms with Gasteiger partial charge >= 0.3 is 0 Å². The van der Waals surface area contributed by atoms with Gasteiger partial charge in [-0.3, -0.25) is 9.59 Å². The average molecular weight is 704 g/mol. The number of nitrogens with zero attached hydrogens (tertiary/aromatic N) is 2. The molecule has 2 amide bonds. The molecule has 0 aliphatic carbocycles. The molecule has 0 spiro atoms. The van der Waals surface area contributed by atoms with Crippen molar-refractivity contribution in [2.24, 2.45) is 0 Å². The molecule has 4 aromatic rings. The fraction of sp³-hybridized carbons (Fsp3) is 0.395. The first-order valence-electron chi connectivity index (χ1n) is 16.8. The first-order valence-corrected chi connectivity index (χ1v) is 17.7. The normalized spacial score (nSPS) is 12.3. The molecule has 50 heavy (non-hydrogen) atoms. The third kappa shape index (κ3) is 10.7. The maximum Gasteiger partial charge on any atom is 0.258 e. The van der Waals surface area contributed by atoms with Gasteiger partial charge in [0.1, 0.15) is 12.4 Å². The Morgan fingerprint density at radius 1 is 0.840 bits per heavy atom. The van der Waals surface area contributed by atoms with Crippen LogP contribution in [0.5, 0.6) is 5.75 Å². The zero-order valence-electron chi connectivity index (χ0n) is 28.7. The highest BCUT2D eigenvalue weighted by atomic mass is 32.1. The van der Waals surface area contributed by atoms with Crippen LogP contribution in [0.25, 0.3) is 11.3 Å². The maximum absolute atomic E-state index is 13.3. The number of aliphatic hydroxyl groups excluding tert-OH is 1. The second-order valence-electron chi connectivity index (χ2n) is 11.7. The summed E-state index contributed by atoms with van der Waals surface area (Å²) in [6, 6.07) is 21.2. The molecular weight excluding hydrogens is 658 g/mol. The van der Waals surface area contributed by atoms with Gasteiger partial charge in [0.2, 0.25) is 5.91 Å². The van der Waals surface area contributed by atoms with Gasteiger partial charge in [-0.05, 0) is 67.3 Å². The standard InChI is InChI=1S/C38H45N3O8S/c1-27-6-3-4-9-33(27)37(44)41-13-12-30-26-31(10-11-34(30)41)36-28(2)50-38(40-36)39-35(43)25-29-7-5-8-32(24-29)49-23-22-48-21-20-47-19-18-46-17-16-45-15-14-42/h3-11,24,26,42H,12-23,25H2,1-2H3,(H,39,40,43). The molecule has 1 aliphatic heterocycles. The molecule has 2 N–H and O–H groups in total. The molecule has 0 radical (unpaired) electrons. The number of benzene rings is 3. The maximum atomic E-state index is 13.3. The Hall–Kier alpha value is -4.17. The fourth-order valence-corrected chi connectivity index (χ4v) is 6.43. The van der Waals surface area contributed by atoms with Crippen LogP contribution in [0, 0.1) is 13.8 Å². The summed E-state index contributed by atoms with van der Waals surface area (Å²) in [5.74, 6) is 0.522. The van der Waals surface area contributed by atoms with E-state index in [0.717, 1.165) is 50.5 Å². The van der Waals surface area contributed by atoms with Gasteiger partial charge in [0, 0.05) is 28.2 Å². The Labute approximate surface area is 297 Å². The molecule has 12 heteroatoms. The Balaban J connectivity index is 1.03. The van der Waals surface area contributed by atoms with Crippen molar-refractivity contribution in [2.45, 2.75) is 26.7 Å². The van der Waals surface area contributed by atoms with Crippen molar-refractivity contribution in [1.82, 2.24) is 4.98 Å². The average Bonchev–Trinajstić information content (AvgIpc) is 3.70. The van der Waals surface area contributed by atoms with Gasteiger partial charge in [-0.25, -0.2) is 4.98 Å². The lowest BCUT2D eigenvalue weighted by Gasteiger charge is -2.18. The number of thiazole rings is 1. The molecule has 0 saturated heterocycles. The lowest BCUT2D eigenvalue weighted by molar-refractivity contribution is -0.115. The van der Waals surface area contributed by atoms with Crippen LogP contribution in [0.4, 0.5) is 10.8 Å². The summed E-state index contributed by atoms with van der Waals surface area (Å²) in [5.41, 5.74) is 6.35. The Morgan fingerprint density at radius 3 is 2.26 bits per heavy atom. The number of hydrogen-bond acceptors (Lipinski definition) is 10. The van der Waals surface area contributed by atoms with E-state index in [0.29, 0.717) is 76.9 Å². The zero-order chi connectivity index (χ0) is 35.1. The second-order valence-corrected chi connectivity index (χ2v) is 12.9. The minimum Gasteiger partial charge on any atom is -0.491 e. The van der Waals surface area contributed by atoms with Crippen molar-refractivity contribution in [3.63, 3.8) is 0 Å². The largest absolute Gasteiger partial charge is 0.491 e. The van der Waals surface area contributed by atoms with Crippen molar-refractivity contribution in [2.75, 3.05) is 82.8 Å². The molecule has 0 atom stereocenters. The lowest BCUT2D eigenvalue weighted by Crippen LogP contribution is -2.29. The SMILES string of the molecule is Cc1ccccc1C(=O)N1CCc2cc(-c3nc(NC(=O)Cc4cccc(OCCOCCOCCOCCOCCO)c4)sc3C)ccc21. The number of rotatable bonds is 20. The number of carbonyl (C=O) groups is 2. The highest BCUT2D eigenvalue weighted by Gasteiger charge is 2.27. The van der Waals surface area contributed by atoms with E-state index in [2.05, 4.69) is 11.4 Å².